The van der Waals surface area contributed by atoms with Crippen molar-refractivity contribution in [3.05, 3.63) is 101 Å². The van der Waals surface area contributed by atoms with Gasteiger partial charge in [-0.25, -0.2) is 18.4 Å². The predicted molar refractivity (Wildman–Crippen MR) is 149 cm³/mol. The van der Waals surface area contributed by atoms with Crippen LogP contribution in [0.3, 0.4) is 0 Å². The largest absolute Gasteiger partial charge is 0.491 e. The summed E-state index contributed by atoms with van der Waals surface area (Å²) in [5, 5.41) is 17.0. The lowest BCUT2D eigenvalue weighted by Gasteiger charge is -2.08. The number of methoxy groups -OCH3 is 2. The van der Waals surface area contributed by atoms with Gasteiger partial charge in [-0.05, 0) is 58.4 Å². The van der Waals surface area contributed by atoms with E-state index >= 15 is 0 Å². The molecule has 6 N–H and O–H groups in total. The van der Waals surface area contributed by atoms with E-state index in [0.29, 0.717) is 33.6 Å². The number of carbonyl (C=O) groups excluding carboxylic acids is 2. The number of aromatic nitrogens is 2. The maximum Gasteiger partial charge on any atom is 0.491 e. The Balaban J connectivity index is 0.000000222. The van der Waals surface area contributed by atoms with E-state index in [4.69, 9.17) is 21.5 Å². The summed E-state index contributed by atoms with van der Waals surface area (Å²) in [6.45, 7) is 0. The number of anilines is 2. The second-order valence-electron chi connectivity index (χ2n) is 7.65. The van der Waals surface area contributed by atoms with Crippen LogP contribution in [0.1, 0.15) is 20.7 Å². The van der Waals surface area contributed by atoms with Gasteiger partial charge in [0.25, 0.3) is 0 Å². The molecule has 4 rings (SSSR count). The van der Waals surface area contributed by atoms with Crippen molar-refractivity contribution in [3.8, 4) is 11.1 Å². The highest BCUT2D eigenvalue weighted by Crippen LogP contribution is 2.28. The summed E-state index contributed by atoms with van der Waals surface area (Å²) in [5.41, 5.74) is 13.7. The summed E-state index contributed by atoms with van der Waals surface area (Å²) < 4.78 is 35.9. The molecule has 0 aliphatic heterocycles. The summed E-state index contributed by atoms with van der Waals surface area (Å²) in [4.78, 5) is 29.4. The van der Waals surface area contributed by atoms with Gasteiger partial charge in [-0.3, -0.25) is 9.97 Å². The number of nitrogens with zero attached hydrogens (tertiary/aromatic N) is 2. The molecule has 0 aliphatic rings. The van der Waals surface area contributed by atoms with Crippen molar-refractivity contribution in [3.63, 3.8) is 0 Å². The minimum Gasteiger partial charge on any atom is -0.465 e. The highest BCUT2D eigenvalue weighted by atomic mass is 79.9. The Morgan fingerprint density at radius 2 is 1.32 bits per heavy atom. The quantitative estimate of drug-likeness (QED) is 0.152. The summed E-state index contributed by atoms with van der Waals surface area (Å²) in [6, 6.07) is 12.2. The number of nitrogen functional groups attached to an aromatic ring is 2. The molecular weight excluding hydrogens is 593 g/mol. The second-order valence-corrected chi connectivity index (χ2v) is 8.50. The monoisotopic (exact) mass is 616 g/mol. The number of halogens is 3. The molecule has 0 saturated carbocycles. The standard InChI is InChI=1S/C13H11FN2O2.C8H8BrNO2.C5H5BFNO2/c1-18-13(17)8-2-3-10(12(15)6-8)9-4-5-16-7-11(9)14;1-12-8(11)5-2-3-6(9)7(10)4-5;7-5-3-8-2-1-4(5)6(9)10/h2-7H,15H2,1H3;2-4H,10H2,1H3;1-3,9-10H. The molecule has 0 unspecified atom stereocenters. The Bertz CT molecular complexity index is 1480. The Labute approximate surface area is 236 Å². The number of carbonyl (C=O) groups is 2. The zero-order chi connectivity index (χ0) is 29.8. The van der Waals surface area contributed by atoms with Crippen molar-refractivity contribution in [1.82, 2.24) is 9.97 Å². The van der Waals surface area contributed by atoms with Gasteiger partial charge in [0.1, 0.15) is 11.6 Å². The minimum absolute atomic E-state index is 0.157. The summed E-state index contributed by atoms with van der Waals surface area (Å²) in [6.07, 6.45) is 4.81. The lowest BCUT2D eigenvalue weighted by atomic mass is 9.81. The van der Waals surface area contributed by atoms with Gasteiger partial charge in [0, 0.05) is 44.8 Å². The molecule has 0 fully saturated rings. The zero-order valence-corrected chi connectivity index (χ0v) is 22.8. The Morgan fingerprint density at radius 1 is 0.800 bits per heavy atom. The van der Waals surface area contributed by atoms with Gasteiger partial charge in [-0.15, -0.1) is 0 Å². The van der Waals surface area contributed by atoms with Gasteiger partial charge in [0.2, 0.25) is 0 Å². The van der Waals surface area contributed by atoms with Crippen molar-refractivity contribution >= 4 is 51.8 Å². The van der Waals surface area contributed by atoms with Crippen LogP contribution in [0.15, 0.2) is 77.8 Å². The van der Waals surface area contributed by atoms with E-state index in [1.807, 2.05) is 0 Å². The van der Waals surface area contributed by atoms with Crippen molar-refractivity contribution < 1.29 is 37.9 Å². The normalized spacial score (nSPS) is 9.78. The van der Waals surface area contributed by atoms with E-state index in [-0.39, 0.29) is 11.4 Å². The number of benzene rings is 2. The Kier molecular flexibility index (Phi) is 12.1. The van der Waals surface area contributed by atoms with Crippen LogP contribution < -0.4 is 16.9 Å². The summed E-state index contributed by atoms with van der Waals surface area (Å²) in [7, 11) is 0.859. The third-order valence-corrected chi connectivity index (χ3v) is 5.76. The van der Waals surface area contributed by atoms with Crippen LogP contribution in [0.5, 0.6) is 0 Å². The van der Waals surface area contributed by atoms with E-state index < -0.39 is 24.7 Å². The average Bonchev–Trinajstić information content (AvgIpc) is 2.95. The zero-order valence-electron chi connectivity index (χ0n) is 21.2. The molecule has 2 aromatic heterocycles. The van der Waals surface area contributed by atoms with Gasteiger partial charge < -0.3 is 31.0 Å². The molecule has 40 heavy (non-hydrogen) atoms. The van der Waals surface area contributed by atoms with Crippen LogP contribution in [0.2, 0.25) is 0 Å². The third kappa shape index (κ3) is 8.83. The first-order valence-corrected chi connectivity index (χ1v) is 12.0. The number of ether oxygens (including phenoxy) is 2. The van der Waals surface area contributed by atoms with E-state index in [0.717, 1.165) is 16.9 Å². The molecule has 2 aromatic carbocycles. The van der Waals surface area contributed by atoms with Crippen LogP contribution in [-0.2, 0) is 9.47 Å². The molecule has 0 amide bonds. The first-order valence-electron chi connectivity index (χ1n) is 11.2. The first-order chi connectivity index (χ1) is 19.0. The number of hydrogen-bond donors (Lipinski definition) is 4. The fourth-order valence-corrected chi connectivity index (χ4v) is 3.28. The van der Waals surface area contributed by atoms with Gasteiger partial charge >= 0.3 is 19.1 Å². The van der Waals surface area contributed by atoms with E-state index in [1.54, 1.807) is 24.3 Å². The molecular formula is C26H24BBrF2N4O6. The fourth-order valence-electron chi connectivity index (χ4n) is 3.03. The molecule has 0 bridgehead atoms. The van der Waals surface area contributed by atoms with E-state index in [9.17, 15) is 18.4 Å². The molecule has 0 saturated heterocycles. The number of hydrogen-bond acceptors (Lipinski definition) is 10. The van der Waals surface area contributed by atoms with Crippen molar-refractivity contribution in [2.45, 2.75) is 0 Å². The van der Waals surface area contributed by atoms with Crippen LogP contribution >= 0.6 is 15.9 Å². The molecule has 14 heteroatoms. The molecule has 208 valence electrons. The lowest BCUT2D eigenvalue weighted by Crippen LogP contribution is -2.32. The maximum absolute atomic E-state index is 13.6. The van der Waals surface area contributed by atoms with Crippen LogP contribution in [0.25, 0.3) is 11.1 Å². The molecule has 0 aliphatic carbocycles. The highest BCUT2D eigenvalue weighted by molar-refractivity contribution is 9.10. The molecule has 0 spiro atoms. The average molecular weight is 617 g/mol. The topological polar surface area (TPSA) is 171 Å². The molecule has 4 aromatic rings. The number of rotatable bonds is 4. The van der Waals surface area contributed by atoms with E-state index in [1.165, 1.54) is 50.9 Å². The van der Waals surface area contributed by atoms with Crippen LogP contribution in [0.4, 0.5) is 20.2 Å². The molecule has 10 nitrogen and oxygen atoms in total. The first kappa shape index (κ1) is 31.8. The predicted octanol–water partition coefficient (Wildman–Crippen LogP) is 2.97. The van der Waals surface area contributed by atoms with Crippen molar-refractivity contribution in [1.29, 1.82) is 0 Å². The summed E-state index contributed by atoms with van der Waals surface area (Å²) in [5.74, 6) is -2.04. The van der Waals surface area contributed by atoms with Crippen LogP contribution in [0, 0.1) is 11.6 Å². The van der Waals surface area contributed by atoms with E-state index in [2.05, 4.69) is 35.4 Å². The fraction of sp³-hybridized carbons (Fsp3) is 0.0769. The third-order valence-electron chi connectivity index (χ3n) is 5.03. The Hall–Kier alpha value is -4.40. The van der Waals surface area contributed by atoms with Gasteiger partial charge in [-0.2, -0.15) is 0 Å². The number of pyridine rings is 2. The van der Waals surface area contributed by atoms with Gasteiger partial charge in [-0.1, -0.05) is 6.07 Å². The smallest absolute Gasteiger partial charge is 0.465 e. The van der Waals surface area contributed by atoms with Crippen LogP contribution in [-0.4, -0.2) is 53.3 Å². The van der Waals surface area contributed by atoms with Crippen molar-refractivity contribution in [2.24, 2.45) is 0 Å². The number of nitrogens with two attached hydrogens (primary N) is 2. The maximum atomic E-state index is 13.6. The minimum atomic E-state index is -1.76. The highest BCUT2D eigenvalue weighted by Gasteiger charge is 2.15. The van der Waals surface area contributed by atoms with Gasteiger partial charge in [0.15, 0.2) is 0 Å². The SMILES string of the molecule is COC(=O)c1ccc(-c2ccncc2F)c(N)c1.COC(=O)c1ccc(Br)c(N)c1.OB(O)c1ccncc1F. The summed E-state index contributed by atoms with van der Waals surface area (Å²) >= 11 is 3.22. The molecule has 0 atom stereocenters. The number of esters is 2. The lowest BCUT2D eigenvalue weighted by molar-refractivity contribution is 0.0592. The molecule has 2 heterocycles. The van der Waals surface area contributed by atoms with Gasteiger partial charge in [0.05, 0.1) is 37.7 Å². The van der Waals surface area contributed by atoms with Crippen molar-refractivity contribution in [2.75, 3.05) is 25.7 Å². The second kappa shape index (κ2) is 15.3. The Morgan fingerprint density at radius 3 is 1.77 bits per heavy atom. The molecule has 0 radical (unpaired) electrons.